The third-order valence-electron chi connectivity index (χ3n) is 1.72. The van der Waals surface area contributed by atoms with Gasteiger partial charge >= 0.3 is 0 Å². The van der Waals surface area contributed by atoms with Gasteiger partial charge in [-0.15, -0.1) is 0 Å². The summed E-state index contributed by atoms with van der Waals surface area (Å²) in [6, 6.07) is 0. The van der Waals surface area contributed by atoms with E-state index in [2.05, 4.69) is 0 Å². The van der Waals surface area contributed by atoms with Crippen molar-refractivity contribution >= 4 is 6.29 Å². The Morgan fingerprint density at radius 2 is 2.00 bits per heavy atom. The third kappa shape index (κ3) is 5.60. The topological polar surface area (TPSA) is 37.3 Å². The first-order chi connectivity index (χ1) is 4.76. The van der Waals surface area contributed by atoms with Crippen molar-refractivity contribution in [3.8, 4) is 0 Å². The van der Waals surface area contributed by atoms with Crippen LogP contribution in [0, 0.1) is 5.92 Å². The molecule has 0 saturated carbocycles. The van der Waals surface area contributed by atoms with Crippen LogP contribution in [0.25, 0.3) is 0 Å². The van der Waals surface area contributed by atoms with Gasteiger partial charge in [-0.1, -0.05) is 20.3 Å². The zero-order valence-corrected chi connectivity index (χ0v) is 8.77. The van der Waals surface area contributed by atoms with Gasteiger partial charge in [0.05, 0.1) is 6.10 Å². The van der Waals surface area contributed by atoms with Gasteiger partial charge in [0.2, 0.25) is 0 Å². The molecule has 3 heteroatoms. The Morgan fingerprint density at radius 1 is 1.45 bits per heavy atom. The van der Waals surface area contributed by atoms with E-state index in [4.69, 9.17) is 0 Å². The Labute approximate surface area is 83.3 Å². The summed E-state index contributed by atoms with van der Waals surface area (Å²) < 4.78 is 0. The molecule has 0 bridgehead atoms. The van der Waals surface area contributed by atoms with Gasteiger partial charge in [0, 0.05) is 27.6 Å². The minimum absolute atomic E-state index is 0. The second-order valence-corrected chi connectivity index (χ2v) is 2.56. The summed E-state index contributed by atoms with van der Waals surface area (Å²) in [5.74, 6) is -0.153. The van der Waals surface area contributed by atoms with Crippen LogP contribution in [0.3, 0.4) is 0 Å². The molecule has 11 heavy (non-hydrogen) atoms. The Balaban J connectivity index is 0. The zero-order chi connectivity index (χ0) is 7.98. The maximum atomic E-state index is 10.3. The summed E-state index contributed by atoms with van der Waals surface area (Å²) in [6.45, 7) is 3.92. The molecule has 0 aliphatic rings. The van der Waals surface area contributed by atoms with E-state index in [0.717, 1.165) is 25.5 Å². The summed E-state index contributed by atoms with van der Waals surface area (Å²) in [6.07, 6.45) is 2.83. The first-order valence-electron chi connectivity index (χ1n) is 3.89. The summed E-state index contributed by atoms with van der Waals surface area (Å²) in [5.41, 5.74) is 0. The van der Waals surface area contributed by atoms with Gasteiger partial charge in [0.1, 0.15) is 6.29 Å². The molecule has 0 aromatic rings. The second kappa shape index (κ2) is 8.44. The molecule has 0 radical (unpaired) electrons. The molecule has 2 atom stereocenters. The van der Waals surface area contributed by atoms with Crippen molar-refractivity contribution < 1.29 is 31.6 Å². The van der Waals surface area contributed by atoms with Crippen LogP contribution in [-0.2, 0) is 26.5 Å². The van der Waals surface area contributed by atoms with Crippen LogP contribution in [0.15, 0.2) is 0 Å². The molecule has 0 amide bonds. The summed E-state index contributed by atoms with van der Waals surface area (Å²) in [4.78, 5) is 10.3. The zero-order valence-electron chi connectivity index (χ0n) is 7.21. The van der Waals surface area contributed by atoms with Crippen LogP contribution in [0.2, 0.25) is 0 Å². The van der Waals surface area contributed by atoms with E-state index >= 15 is 0 Å². The molecule has 0 rings (SSSR count). The van der Waals surface area contributed by atoms with Crippen LogP contribution in [0.4, 0.5) is 0 Å². The van der Waals surface area contributed by atoms with E-state index in [-0.39, 0.29) is 27.6 Å². The van der Waals surface area contributed by atoms with E-state index in [1.54, 1.807) is 0 Å². The monoisotopic (exact) mass is 192 g/mol. The van der Waals surface area contributed by atoms with Gasteiger partial charge in [0.15, 0.2) is 0 Å². The van der Waals surface area contributed by atoms with E-state index in [9.17, 15) is 9.90 Å². The first-order valence-corrected chi connectivity index (χ1v) is 3.89. The third-order valence-corrected chi connectivity index (χ3v) is 1.72. The fourth-order valence-electron chi connectivity index (χ4n) is 0.969. The molecule has 0 aromatic heterocycles. The van der Waals surface area contributed by atoms with E-state index in [1.165, 1.54) is 0 Å². The largest absolute Gasteiger partial charge is 0.392 e. The van der Waals surface area contributed by atoms with Crippen molar-refractivity contribution in [2.75, 3.05) is 0 Å². The Morgan fingerprint density at radius 3 is 2.27 bits per heavy atom. The van der Waals surface area contributed by atoms with Crippen LogP contribution >= 0.6 is 0 Å². The molecule has 2 unspecified atom stereocenters. The van der Waals surface area contributed by atoms with Gasteiger partial charge in [0.25, 0.3) is 0 Å². The Kier molecular flexibility index (Phi) is 10.7. The minimum Gasteiger partial charge on any atom is -0.392 e. The average Bonchev–Trinajstić information content (AvgIpc) is 1.91. The Hall–Kier alpha value is 0.344. The molecular formula is C8H16O2Ti. The predicted octanol–water partition coefficient (Wildman–Crippen LogP) is 1.37. The van der Waals surface area contributed by atoms with Crippen LogP contribution in [0.1, 0.15) is 33.1 Å². The average molecular weight is 192 g/mol. The molecule has 0 saturated heterocycles. The summed E-state index contributed by atoms with van der Waals surface area (Å²) >= 11 is 0. The predicted molar refractivity (Wildman–Crippen MR) is 40.8 cm³/mol. The molecule has 0 fully saturated rings. The van der Waals surface area contributed by atoms with E-state index < -0.39 is 6.10 Å². The number of carbonyl (C=O) groups excluding carboxylic acids is 1. The van der Waals surface area contributed by atoms with Crippen LogP contribution in [-0.4, -0.2) is 17.5 Å². The molecule has 0 spiro atoms. The van der Waals surface area contributed by atoms with Gasteiger partial charge in [-0.25, -0.2) is 0 Å². The number of rotatable bonds is 5. The van der Waals surface area contributed by atoms with Gasteiger partial charge in [-0.05, 0) is 12.8 Å². The van der Waals surface area contributed by atoms with Gasteiger partial charge in [-0.2, -0.15) is 0 Å². The number of carbonyl (C=O) groups is 1. The van der Waals surface area contributed by atoms with Gasteiger partial charge < -0.3 is 9.90 Å². The minimum atomic E-state index is -0.424. The molecule has 64 valence electrons. The molecule has 0 aliphatic heterocycles. The molecule has 1 N–H and O–H groups in total. The second-order valence-electron chi connectivity index (χ2n) is 2.56. The number of hydrogen-bond donors (Lipinski definition) is 1. The van der Waals surface area contributed by atoms with E-state index in [0.29, 0.717) is 0 Å². The maximum absolute atomic E-state index is 10.3. The van der Waals surface area contributed by atoms with Crippen molar-refractivity contribution in [3.63, 3.8) is 0 Å². The normalized spacial score (nSPS) is 14.8. The van der Waals surface area contributed by atoms with Crippen LogP contribution in [0.5, 0.6) is 0 Å². The fourth-order valence-corrected chi connectivity index (χ4v) is 0.969. The summed E-state index contributed by atoms with van der Waals surface area (Å²) in [5, 5.41) is 9.28. The maximum Gasteiger partial charge on any atom is 0.125 e. The number of aldehydes is 1. The summed E-state index contributed by atoms with van der Waals surface area (Å²) in [7, 11) is 0. The standard InChI is InChI=1S/C8H16O2.Ti/c1-3-5-8(10)7(4-2)6-9;/h6-8,10H,3-5H2,1-2H3;. The molecule has 0 aromatic carbocycles. The number of hydrogen-bond acceptors (Lipinski definition) is 2. The van der Waals surface area contributed by atoms with Crippen molar-refractivity contribution in [1.29, 1.82) is 0 Å². The van der Waals surface area contributed by atoms with Crippen LogP contribution < -0.4 is 0 Å². The SMILES string of the molecule is CCCC(O)C(C=O)CC.[Ti]. The molecule has 2 nitrogen and oxygen atoms in total. The van der Waals surface area contributed by atoms with Crippen molar-refractivity contribution in [3.05, 3.63) is 0 Å². The molecular weight excluding hydrogens is 176 g/mol. The fraction of sp³-hybridized carbons (Fsp3) is 0.875. The van der Waals surface area contributed by atoms with Crippen molar-refractivity contribution in [2.24, 2.45) is 5.92 Å². The molecule has 0 heterocycles. The van der Waals surface area contributed by atoms with Crippen molar-refractivity contribution in [2.45, 2.75) is 39.2 Å². The quantitative estimate of drug-likeness (QED) is 0.527. The Bertz CT molecular complexity index is 96.1. The van der Waals surface area contributed by atoms with Crippen molar-refractivity contribution in [1.82, 2.24) is 0 Å². The molecule has 0 aliphatic carbocycles. The number of aliphatic hydroxyl groups excluding tert-OH is 1. The van der Waals surface area contributed by atoms with Gasteiger partial charge in [-0.3, -0.25) is 0 Å². The first kappa shape index (κ1) is 13.9. The van der Waals surface area contributed by atoms with E-state index in [1.807, 2.05) is 13.8 Å². The smallest absolute Gasteiger partial charge is 0.125 e. The number of aliphatic hydroxyl groups is 1.